The molecule has 0 nitrogen and oxygen atoms in total. The lowest BCUT2D eigenvalue weighted by atomic mass is 10.2. The molecule has 0 fully saturated rings. The van der Waals surface area contributed by atoms with Gasteiger partial charge in [0.25, 0.3) is 0 Å². The van der Waals surface area contributed by atoms with Gasteiger partial charge in [-0.05, 0) is 16.5 Å². The van der Waals surface area contributed by atoms with E-state index in [0.29, 0.717) is 5.88 Å². The fraction of sp³-hybridized carbons (Fsp3) is 0.143. The van der Waals surface area contributed by atoms with Gasteiger partial charge >= 0.3 is 0 Å². The summed E-state index contributed by atoms with van der Waals surface area (Å²) >= 11 is 5.53. The number of rotatable bonds is 1. The summed E-state index contributed by atoms with van der Waals surface area (Å²) in [7, 11) is 0. The van der Waals surface area contributed by atoms with Gasteiger partial charge in [-0.3, -0.25) is 0 Å². The zero-order valence-electron chi connectivity index (χ0n) is 4.47. The Morgan fingerprint density at radius 2 is 1.67 bits per heavy atom. The Labute approximate surface area is 64.9 Å². The third kappa shape index (κ3) is 2.68. The molecule has 0 unspecified atom stereocenters. The average molecular weight is 159 g/mol. The SMILES string of the molecule is ClCc1ccccc1.[SiH4]. The Balaban J connectivity index is 0.000000640. The first-order valence-electron chi connectivity index (χ1n) is 2.53. The fourth-order valence-electron chi connectivity index (χ4n) is 0.567. The normalized spacial score (nSPS) is 8.11. The van der Waals surface area contributed by atoms with E-state index in [4.69, 9.17) is 11.6 Å². The molecule has 0 heterocycles. The molecule has 0 atom stereocenters. The molecule has 1 rings (SSSR count). The monoisotopic (exact) mass is 158 g/mol. The third-order valence-corrected chi connectivity index (χ3v) is 1.31. The number of alkyl halides is 1. The van der Waals surface area contributed by atoms with E-state index in [1.807, 2.05) is 30.3 Å². The minimum atomic E-state index is 0. The zero-order valence-corrected chi connectivity index (χ0v) is 5.23. The molecule has 0 N–H and O–H groups in total. The molecule has 0 aliphatic carbocycles. The summed E-state index contributed by atoms with van der Waals surface area (Å²) in [5.74, 6) is 0.612. The largest absolute Gasteiger partial charge is 0.122 e. The molecule has 1 aromatic rings. The van der Waals surface area contributed by atoms with Gasteiger partial charge in [0.15, 0.2) is 0 Å². The van der Waals surface area contributed by atoms with Crippen molar-refractivity contribution in [3.8, 4) is 0 Å². The molecule has 50 valence electrons. The molecule has 0 bridgehead atoms. The molecule has 0 aliphatic rings. The lowest BCUT2D eigenvalue weighted by molar-refractivity contribution is 1.41. The molecule has 0 saturated heterocycles. The smallest absolute Gasteiger partial charge is 0.0474 e. The van der Waals surface area contributed by atoms with E-state index in [1.54, 1.807) is 0 Å². The van der Waals surface area contributed by atoms with Crippen molar-refractivity contribution in [1.82, 2.24) is 0 Å². The van der Waals surface area contributed by atoms with Gasteiger partial charge in [0.1, 0.15) is 0 Å². The molecular formula is C7H11ClSi. The maximum Gasteiger partial charge on any atom is 0.0474 e. The summed E-state index contributed by atoms with van der Waals surface area (Å²) in [6.07, 6.45) is 0. The second-order valence-corrected chi connectivity index (χ2v) is 1.89. The Bertz CT molecular complexity index is 150. The van der Waals surface area contributed by atoms with Crippen molar-refractivity contribution in [2.24, 2.45) is 0 Å². The van der Waals surface area contributed by atoms with E-state index in [2.05, 4.69) is 0 Å². The highest BCUT2D eigenvalue weighted by atomic mass is 35.5. The van der Waals surface area contributed by atoms with Crippen molar-refractivity contribution in [2.75, 3.05) is 0 Å². The van der Waals surface area contributed by atoms with Crippen molar-refractivity contribution in [2.45, 2.75) is 5.88 Å². The highest BCUT2D eigenvalue weighted by molar-refractivity contribution is 6.17. The molecule has 0 saturated carbocycles. The van der Waals surface area contributed by atoms with Crippen LogP contribution in [0.15, 0.2) is 30.3 Å². The standard InChI is InChI=1S/C7H7Cl.H4Si/c8-6-7-4-2-1-3-5-7;/h1-5H,6H2;1H4. The summed E-state index contributed by atoms with van der Waals surface area (Å²) in [4.78, 5) is 0. The van der Waals surface area contributed by atoms with Gasteiger partial charge in [-0.25, -0.2) is 0 Å². The maximum atomic E-state index is 5.53. The van der Waals surface area contributed by atoms with Crippen LogP contribution in [0.1, 0.15) is 5.56 Å². The van der Waals surface area contributed by atoms with Gasteiger partial charge in [0.2, 0.25) is 0 Å². The first-order valence-corrected chi connectivity index (χ1v) is 3.07. The van der Waals surface area contributed by atoms with Crippen LogP contribution in [0.2, 0.25) is 0 Å². The lowest BCUT2D eigenvalue weighted by Gasteiger charge is -1.88. The minimum Gasteiger partial charge on any atom is -0.122 e. The summed E-state index contributed by atoms with van der Waals surface area (Å²) in [5.41, 5.74) is 1.18. The Morgan fingerprint density at radius 1 is 1.11 bits per heavy atom. The third-order valence-electron chi connectivity index (χ3n) is 0.997. The summed E-state index contributed by atoms with van der Waals surface area (Å²) < 4.78 is 0. The molecule has 0 aromatic heterocycles. The summed E-state index contributed by atoms with van der Waals surface area (Å²) in [5, 5.41) is 0. The van der Waals surface area contributed by atoms with E-state index >= 15 is 0 Å². The fourth-order valence-corrected chi connectivity index (χ4v) is 0.745. The number of benzene rings is 1. The van der Waals surface area contributed by atoms with E-state index in [0.717, 1.165) is 0 Å². The van der Waals surface area contributed by atoms with E-state index in [1.165, 1.54) is 5.56 Å². The van der Waals surface area contributed by atoms with Gasteiger partial charge in [-0.1, -0.05) is 30.3 Å². The predicted octanol–water partition coefficient (Wildman–Crippen LogP) is 0.974. The number of halogens is 1. The predicted molar refractivity (Wildman–Crippen MR) is 47.3 cm³/mol. The van der Waals surface area contributed by atoms with E-state index in [-0.39, 0.29) is 11.0 Å². The quantitative estimate of drug-likeness (QED) is 0.422. The van der Waals surface area contributed by atoms with Crippen LogP contribution in [0.25, 0.3) is 0 Å². The van der Waals surface area contributed by atoms with E-state index in [9.17, 15) is 0 Å². The van der Waals surface area contributed by atoms with Crippen molar-refractivity contribution in [1.29, 1.82) is 0 Å². The van der Waals surface area contributed by atoms with Crippen molar-refractivity contribution in [3.05, 3.63) is 35.9 Å². The molecule has 0 amide bonds. The Kier molecular flexibility index (Phi) is 4.45. The number of hydrogen-bond acceptors (Lipinski definition) is 0. The lowest BCUT2D eigenvalue weighted by Crippen LogP contribution is -1.71. The minimum absolute atomic E-state index is 0. The summed E-state index contributed by atoms with van der Waals surface area (Å²) in [6.45, 7) is 0. The Morgan fingerprint density at radius 3 is 2.00 bits per heavy atom. The van der Waals surface area contributed by atoms with Crippen LogP contribution in [0, 0.1) is 0 Å². The van der Waals surface area contributed by atoms with Crippen LogP contribution in [-0.4, -0.2) is 11.0 Å². The highest BCUT2D eigenvalue weighted by Crippen LogP contribution is 2.00. The van der Waals surface area contributed by atoms with E-state index < -0.39 is 0 Å². The molecule has 2 heteroatoms. The van der Waals surface area contributed by atoms with Crippen LogP contribution in [0.3, 0.4) is 0 Å². The second-order valence-electron chi connectivity index (χ2n) is 1.62. The van der Waals surface area contributed by atoms with Crippen LogP contribution in [0.4, 0.5) is 0 Å². The van der Waals surface area contributed by atoms with Gasteiger partial charge in [0.05, 0.1) is 0 Å². The van der Waals surface area contributed by atoms with Gasteiger partial charge in [0, 0.05) is 5.88 Å². The van der Waals surface area contributed by atoms with Crippen molar-refractivity contribution in [3.63, 3.8) is 0 Å². The first kappa shape index (κ1) is 8.73. The zero-order chi connectivity index (χ0) is 5.82. The molecule has 0 radical (unpaired) electrons. The van der Waals surface area contributed by atoms with Crippen LogP contribution < -0.4 is 0 Å². The van der Waals surface area contributed by atoms with Crippen LogP contribution in [-0.2, 0) is 5.88 Å². The molecule has 0 spiro atoms. The second kappa shape index (κ2) is 4.59. The topological polar surface area (TPSA) is 0 Å². The molecule has 9 heavy (non-hydrogen) atoms. The van der Waals surface area contributed by atoms with Gasteiger partial charge < -0.3 is 0 Å². The molecule has 0 aliphatic heterocycles. The summed E-state index contributed by atoms with van der Waals surface area (Å²) in [6, 6.07) is 9.96. The average Bonchev–Trinajstić information content (AvgIpc) is 1.90. The Hall–Kier alpha value is -0.273. The maximum absolute atomic E-state index is 5.53. The van der Waals surface area contributed by atoms with Crippen LogP contribution in [0.5, 0.6) is 0 Å². The van der Waals surface area contributed by atoms with Crippen molar-refractivity contribution < 1.29 is 0 Å². The first-order chi connectivity index (χ1) is 3.93. The van der Waals surface area contributed by atoms with Crippen molar-refractivity contribution >= 4 is 22.6 Å². The highest BCUT2D eigenvalue weighted by Gasteiger charge is 1.81. The molecule has 1 aromatic carbocycles. The van der Waals surface area contributed by atoms with Crippen LogP contribution >= 0.6 is 11.6 Å². The van der Waals surface area contributed by atoms with Gasteiger partial charge in [-0.2, -0.15) is 0 Å². The molecular weight excluding hydrogens is 148 g/mol. The van der Waals surface area contributed by atoms with Gasteiger partial charge in [-0.15, -0.1) is 11.6 Å². The number of hydrogen-bond donors (Lipinski definition) is 0.